The van der Waals surface area contributed by atoms with E-state index >= 15 is 0 Å². The second-order valence-corrected chi connectivity index (χ2v) is 8.16. The summed E-state index contributed by atoms with van der Waals surface area (Å²) >= 11 is 6.07. The lowest BCUT2D eigenvalue weighted by Gasteiger charge is -2.09. The van der Waals surface area contributed by atoms with Gasteiger partial charge in [0.05, 0.1) is 46.1 Å². The van der Waals surface area contributed by atoms with Crippen LogP contribution in [-0.4, -0.2) is 33.1 Å². The van der Waals surface area contributed by atoms with E-state index in [1.54, 1.807) is 53.5 Å². The highest BCUT2D eigenvalue weighted by Crippen LogP contribution is 2.21. The van der Waals surface area contributed by atoms with Crippen LogP contribution in [-0.2, 0) is 11.3 Å². The standard InChI is InChI=1S/C24H19ClN6O.C2HF3O2/c25-22-6-1-2-7-23(22)30-24(32)29-20-15-28-31(16-20)21-5-3-4-18(12-21)14-27-19-10-8-17(13-26)9-11-19;3-2(4,5)1(6)7/h1-12,15-16,27H,14H2,(H2,29,30,32);(H,6,7). The highest BCUT2D eigenvalue weighted by atomic mass is 35.5. The molecule has 0 radical (unpaired) electrons. The number of halogens is 4. The third kappa shape index (κ3) is 8.80. The lowest BCUT2D eigenvalue weighted by atomic mass is 10.2. The zero-order valence-electron chi connectivity index (χ0n) is 19.9. The van der Waals surface area contributed by atoms with Gasteiger partial charge in [-0.15, -0.1) is 0 Å². The van der Waals surface area contributed by atoms with Crippen molar-refractivity contribution in [2.45, 2.75) is 12.7 Å². The van der Waals surface area contributed by atoms with Crippen molar-refractivity contribution in [2.75, 3.05) is 16.0 Å². The van der Waals surface area contributed by atoms with E-state index < -0.39 is 18.2 Å². The number of alkyl halides is 3. The highest BCUT2D eigenvalue weighted by Gasteiger charge is 2.38. The molecule has 4 aromatic rings. The number of aromatic nitrogens is 2. The monoisotopic (exact) mass is 556 g/mol. The molecule has 13 heteroatoms. The molecular weight excluding hydrogens is 537 g/mol. The number of carbonyl (C=O) groups excluding carboxylic acids is 1. The summed E-state index contributed by atoms with van der Waals surface area (Å²) < 4.78 is 33.4. The lowest BCUT2D eigenvalue weighted by Crippen LogP contribution is -2.21. The van der Waals surface area contributed by atoms with Crippen LogP contribution in [0.15, 0.2) is 85.2 Å². The molecule has 0 unspecified atom stereocenters. The van der Waals surface area contributed by atoms with Gasteiger partial charge in [0.2, 0.25) is 0 Å². The summed E-state index contributed by atoms with van der Waals surface area (Å²) in [5.74, 6) is -2.76. The Morgan fingerprint density at radius 3 is 2.33 bits per heavy atom. The number of hydrogen-bond donors (Lipinski definition) is 4. The van der Waals surface area contributed by atoms with Gasteiger partial charge in [-0.2, -0.15) is 23.5 Å². The summed E-state index contributed by atoms with van der Waals surface area (Å²) in [6, 6.07) is 23.9. The SMILES string of the molecule is N#Cc1ccc(NCc2cccc(-n3cc(NC(=O)Nc4ccccc4Cl)cn3)c2)cc1.O=C(O)C(F)(F)F. The molecule has 2 amide bonds. The number of rotatable bonds is 6. The van der Waals surface area contributed by atoms with Gasteiger partial charge in [-0.05, 0) is 54.1 Å². The van der Waals surface area contributed by atoms with E-state index in [1.165, 1.54) is 0 Å². The molecule has 200 valence electrons. The van der Waals surface area contributed by atoms with E-state index in [-0.39, 0.29) is 0 Å². The van der Waals surface area contributed by atoms with E-state index in [9.17, 15) is 18.0 Å². The van der Waals surface area contributed by atoms with Gasteiger partial charge >= 0.3 is 18.2 Å². The molecule has 4 N–H and O–H groups in total. The number of nitrogens with one attached hydrogen (secondary N) is 3. The minimum Gasteiger partial charge on any atom is -0.475 e. The molecule has 0 fully saturated rings. The lowest BCUT2D eigenvalue weighted by molar-refractivity contribution is -0.192. The van der Waals surface area contributed by atoms with Crippen molar-refractivity contribution in [1.82, 2.24) is 9.78 Å². The Bertz CT molecular complexity index is 1480. The van der Waals surface area contributed by atoms with Crippen LogP contribution in [0.5, 0.6) is 0 Å². The zero-order valence-corrected chi connectivity index (χ0v) is 20.7. The first-order valence-electron chi connectivity index (χ1n) is 11.1. The predicted octanol–water partition coefficient (Wildman–Crippen LogP) is 6.29. The number of urea groups is 1. The van der Waals surface area contributed by atoms with Crippen LogP contribution in [0.3, 0.4) is 0 Å². The minimum absolute atomic E-state index is 0.405. The van der Waals surface area contributed by atoms with Crippen LogP contribution >= 0.6 is 11.6 Å². The Labute approximate surface area is 225 Å². The number of benzene rings is 3. The summed E-state index contributed by atoms with van der Waals surface area (Å²) in [5, 5.41) is 29.6. The van der Waals surface area contributed by atoms with Crippen LogP contribution < -0.4 is 16.0 Å². The van der Waals surface area contributed by atoms with Crippen molar-refractivity contribution < 1.29 is 27.9 Å². The largest absolute Gasteiger partial charge is 0.490 e. The van der Waals surface area contributed by atoms with E-state index in [2.05, 4.69) is 27.1 Å². The first kappa shape index (κ1) is 28.5. The van der Waals surface area contributed by atoms with Crippen LogP contribution in [0.2, 0.25) is 5.02 Å². The molecular formula is C26H20ClF3N6O3. The van der Waals surface area contributed by atoms with E-state index in [0.29, 0.717) is 28.5 Å². The van der Waals surface area contributed by atoms with Crippen LogP contribution in [0, 0.1) is 11.3 Å². The zero-order chi connectivity index (χ0) is 28.4. The summed E-state index contributed by atoms with van der Waals surface area (Å²) in [4.78, 5) is 21.1. The van der Waals surface area contributed by atoms with Crippen LogP contribution in [0.25, 0.3) is 5.69 Å². The summed E-state index contributed by atoms with van der Waals surface area (Å²) in [7, 11) is 0. The fourth-order valence-electron chi connectivity index (χ4n) is 3.05. The molecule has 1 heterocycles. The average molecular weight is 557 g/mol. The average Bonchev–Trinajstić information content (AvgIpc) is 3.37. The van der Waals surface area contributed by atoms with Gasteiger partial charge in [0.15, 0.2) is 0 Å². The first-order chi connectivity index (χ1) is 18.5. The van der Waals surface area contributed by atoms with Gasteiger partial charge in [-0.1, -0.05) is 35.9 Å². The number of aliphatic carboxylic acids is 1. The van der Waals surface area contributed by atoms with E-state index in [1.807, 2.05) is 36.4 Å². The maximum absolute atomic E-state index is 12.3. The predicted molar refractivity (Wildman–Crippen MR) is 140 cm³/mol. The van der Waals surface area contributed by atoms with Gasteiger partial charge in [0.25, 0.3) is 0 Å². The van der Waals surface area contributed by atoms with Crippen molar-refractivity contribution in [3.05, 3.63) is 101 Å². The molecule has 3 aromatic carbocycles. The Kier molecular flexibility index (Phi) is 9.50. The molecule has 0 atom stereocenters. The third-order valence-corrected chi connectivity index (χ3v) is 5.22. The fourth-order valence-corrected chi connectivity index (χ4v) is 3.23. The maximum atomic E-state index is 12.3. The first-order valence-corrected chi connectivity index (χ1v) is 11.4. The quantitative estimate of drug-likeness (QED) is 0.221. The normalized spacial score (nSPS) is 10.4. The van der Waals surface area contributed by atoms with Gasteiger partial charge in [-0.3, -0.25) is 0 Å². The van der Waals surface area contributed by atoms with E-state index in [0.717, 1.165) is 16.9 Å². The summed E-state index contributed by atoms with van der Waals surface area (Å²) in [6.07, 6.45) is -1.77. The number of hydrogen-bond acceptors (Lipinski definition) is 5. The number of amides is 2. The van der Waals surface area contributed by atoms with Crippen molar-refractivity contribution >= 4 is 40.7 Å². The number of carboxylic acids is 1. The molecule has 39 heavy (non-hydrogen) atoms. The van der Waals surface area contributed by atoms with Gasteiger partial charge in [0, 0.05) is 12.2 Å². The Hall–Kier alpha value is -5.02. The molecule has 4 rings (SSSR count). The molecule has 0 spiro atoms. The van der Waals surface area contributed by atoms with Crippen molar-refractivity contribution in [2.24, 2.45) is 0 Å². The van der Waals surface area contributed by atoms with Crippen molar-refractivity contribution in [1.29, 1.82) is 5.26 Å². The Morgan fingerprint density at radius 1 is 1.00 bits per heavy atom. The Morgan fingerprint density at radius 2 is 1.69 bits per heavy atom. The van der Waals surface area contributed by atoms with E-state index in [4.69, 9.17) is 26.8 Å². The minimum atomic E-state index is -5.08. The number of carboxylic acid groups (broad SMARTS) is 1. The molecule has 0 saturated carbocycles. The van der Waals surface area contributed by atoms with Gasteiger partial charge in [-0.25, -0.2) is 14.3 Å². The molecule has 1 aromatic heterocycles. The van der Waals surface area contributed by atoms with Gasteiger partial charge in [0.1, 0.15) is 0 Å². The number of para-hydroxylation sites is 1. The second kappa shape index (κ2) is 13.0. The number of nitriles is 1. The topological polar surface area (TPSA) is 132 Å². The molecule has 0 aliphatic carbocycles. The van der Waals surface area contributed by atoms with Crippen LogP contribution in [0.1, 0.15) is 11.1 Å². The number of anilines is 3. The molecule has 0 bridgehead atoms. The number of carbonyl (C=O) groups is 2. The van der Waals surface area contributed by atoms with Crippen molar-refractivity contribution in [3.8, 4) is 11.8 Å². The van der Waals surface area contributed by atoms with Crippen LogP contribution in [0.4, 0.5) is 35.0 Å². The highest BCUT2D eigenvalue weighted by molar-refractivity contribution is 6.33. The smallest absolute Gasteiger partial charge is 0.475 e. The fraction of sp³-hybridized carbons (Fsp3) is 0.0769. The number of nitrogens with zero attached hydrogens (tertiary/aromatic N) is 3. The third-order valence-electron chi connectivity index (χ3n) is 4.89. The maximum Gasteiger partial charge on any atom is 0.490 e. The molecule has 0 aliphatic rings. The summed E-state index contributed by atoms with van der Waals surface area (Å²) in [6.45, 7) is 0.617. The summed E-state index contributed by atoms with van der Waals surface area (Å²) in [5.41, 5.74) is 4.57. The molecule has 9 nitrogen and oxygen atoms in total. The molecule has 0 aliphatic heterocycles. The molecule has 0 saturated heterocycles. The Balaban J connectivity index is 0.000000532. The second-order valence-electron chi connectivity index (χ2n) is 7.75. The van der Waals surface area contributed by atoms with Gasteiger partial charge < -0.3 is 21.1 Å². The van der Waals surface area contributed by atoms with Crippen molar-refractivity contribution in [3.63, 3.8) is 0 Å².